The third-order valence-electron chi connectivity index (χ3n) is 6.41. The smallest absolute Gasteiger partial charge is 0.306 e. The van der Waals surface area contributed by atoms with Crippen molar-refractivity contribution >= 4 is 17.5 Å². The maximum absolute atomic E-state index is 14.8. The Morgan fingerprint density at radius 2 is 1.86 bits per heavy atom. The first-order valence-electron chi connectivity index (χ1n) is 11.2. The summed E-state index contributed by atoms with van der Waals surface area (Å²) in [5, 5.41) is 21.8. The average Bonchev–Trinajstić information content (AvgIpc) is 3.18. The molecule has 1 aliphatic rings. The van der Waals surface area contributed by atoms with Gasteiger partial charge in [0.15, 0.2) is 5.69 Å². The van der Waals surface area contributed by atoms with Gasteiger partial charge in [-0.15, -0.1) is 0 Å². The predicted octanol–water partition coefficient (Wildman–Crippen LogP) is 4.58. The van der Waals surface area contributed by atoms with Gasteiger partial charge in [-0.1, -0.05) is 36.4 Å². The zero-order valence-electron chi connectivity index (χ0n) is 18.8. The fourth-order valence-corrected chi connectivity index (χ4v) is 4.45. The number of fused-ring (bicyclic) bond motifs is 1. The predicted molar refractivity (Wildman–Crippen MR) is 127 cm³/mol. The zero-order valence-corrected chi connectivity index (χ0v) is 18.8. The van der Waals surface area contributed by atoms with Crippen LogP contribution in [0.2, 0.25) is 0 Å². The zero-order chi connectivity index (χ0) is 24.7. The van der Waals surface area contributed by atoms with E-state index in [2.05, 4.69) is 16.4 Å². The Bertz CT molecular complexity index is 1530. The minimum Gasteiger partial charge on any atom is -0.481 e. The van der Waals surface area contributed by atoms with Crippen LogP contribution in [-0.2, 0) is 4.79 Å². The summed E-state index contributed by atoms with van der Waals surface area (Å²) in [6.07, 6.45) is 2.42. The molecule has 0 aliphatic heterocycles. The minimum absolute atomic E-state index is 0.180. The summed E-state index contributed by atoms with van der Waals surface area (Å²) in [5.74, 6) is -1.96. The maximum Gasteiger partial charge on any atom is 0.306 e. The number of aliphatic carboxylic acids is 1. The van der Waals surface area contributed by atoms with E-state index in [1.165, 1.54) is 6.07 Å². The van der Waals surface area contributed by atoms with E-state index in [1.54, 1.807) is 53.1 Å². The van der Waals surface area contributed by atoms with Crippen LogP contribution in [0.5, 0.6) is 0 Å². The van der Waals surface area contributed by atoms with E-state index in [4.69, 9.17) is 5.11 Å². The molecule has 2 aromatic heterocycles. The fraction of sp³-hybridized carbons (Fsp3) is 0.185. The lowest BCUT2D eigenvalue weighted by Gasteiger charge is -2.32. The number of pyridine rings is 1. The van der Waals surface area contributed by atoms with E-state index in [0.717, 1.165) is 5.56 Å². The monoisotopic (exact) mass is 468 g/mol. The summed E-state index contributed by atoms with van der Waals surface area (Å²) in [6.45, 7) is 1.82. The quantitative estimate of drug-likeness (QED) is 0.446. The molecule has 2 heterocycles. The summed E-state index contributed by atoms with van der Waals surface area (Å²) < 4.78 is 16.4. The molecule has 1 saturated carbocycles. The molecular weight excluding hydrogens is 447 g/mol. The van der Waals surface area contributed by atoms with Gasteiger partial charge >= 0.3 is 5.97 Å². The Labute approximate surface area is 200 Å². The molecule has 0 radical (unpaired) electrons. The summed E-state index contributed by atoms with van der Waals surface area (Å²) in [6, 6.07) is 17.4. The molecule has 35 heavy (non-hydrogen) atoms. The number of aromatic nitrogens is 2. The van der Waals surface area contributed by atoms with Crippen LogP contribution >= 0.6 is 0 Å². The second-order valence-electron chi connectivity index (χ2n) is 8.77. The lowest BCUT2D eigenvalue weighted by molar-refractivity contribution is -0.145. The van der Waals surface area contributed by atoms with Gasteiger partial charge in [0, 0.05) is 28.9 Å². The number of carbonyl (C=O) groups excluding carboxylic acids is 1. The Kier molecular flexibility index (Phi) is 5.53. The second kappa shape index (κ2) is 8.69. The molecular formula is C27H21FN4O3. The number of nitrogens with zero attached hydrogens (tertiary/aromatic N) is 3. The number of carboxylic acid groups (broad SMARTS) is 1. The molecule has 0 unspecified atom stereocenters. The van der Waals surface area contributed by atoms with Crippen molar-refractivity contribution in [2.45, 2.75) is 25.8 Å². The molecule has 1 amide bonds. The second-order valence-corrected chi connectivity index (χ2v) is 8.77. The van der Waals surface area contributed by atoms with Crippen molar-refractivity contribution in [2.75, 3.05) is 0 Å². The number of benzene rings is 2. The lowest BCUT2D eigenvalue weighted by Crippen LogP contribution is -2.46. The molecule has 1 aliphatic carbocycles. The topological polar surface area (TPSA) is 107 Å². The number of aryl methyl sites for hydroxylation is 1. The van der Waals surface area contributed by atoms with E-state index in [0.29, 0.717) is 46.4 Å². The summed E-state index contributed by atoms with van der Waals surface area (Å²) in [5.41, 5.74) is 3.86. The van der Waals surface area contributed by atoms with E-state index in [9.17, 15) is 19.2 Å². The molecule has 7 nitrogen and oxygen atoms in total. The average molecular weight is 468 g/mol. The van der Waals surface area contributed by atoms with Crippen LogP contribution in [0.1, 0.15) is 34.5 Å². The van der Waals surface area contributed by atoms with Crippen molar-refractivity contribution in [2.24, 2.45) is 5.92 Å². The van der Waals surface area contributed by atoms with Crippen molar-refractivity contribution in [1.29, 1.82) is 5.26 Å². The van der Waals surface area contributed by atoms with E-state index in [-0.39, 0.29) is 23.5 Å². The third-order valence-corrected chi connectivity index (χ3v) is 6.41. The first kappa shape index (κ1) is 22.3. The van der Waals surface area contributed by atoms with Crippen molar-refractivity contribution in [1.82, 2.24) is 14.7 Å². The fourth-order valence-electron chi connectivity index (χ4n) is 4.45. The molecule has 4 aromatic rings. The minimum atomic E-state index is -0.850. The van der Waals surface area contributed by atoms with Crippen LogP contribution in [0, 0.1) is 30.0 Å². The molecule has 1 fully saturated rings. The summed E-state index contributed by atoms with van der Waals surface area (Å²) >= 11 is 0. The first-order chi connectivity index (χ1) is 16.9. The number of imidazole rings is 1. The van der Waals surface area contributed by atoms with E-state index >= 15 is 0 Å². The molecule has 0 saturated heterocycles. The highest BCUT2D eigenvalue weighted by molar-refractivity contribution is 5.96. The summed E-state index contributed by atoms with van der Waals surface area (Å²) in [4.78, 5) is 28.3. The Morgan fingerprint density at radius 3 is 2.54 bits per heavy atom. The molecule has 5 rings (SSSR count). The molecule has 174 valence electrons. The highest BCUT2D eigenvalue weighted by Gasteiger charge is 2.35. The van der Waals surface area contributed by atoms with Gasteiger partial charge in [-0.25, -0.2) is 9.37 Å². The normalized spacial score (nSPS) is 16.9. The number of carboxylic acids is 1. The number of rotatable bonds is 5. The van der Waals surface area contributed by atoms with E-state index in [1.807, 2.05) is 13.0 Å². The van der Waals surface area contributed by atoms with Gasteiger partial charge in [0.1, 0.15) is 23.2 Å². The van der Waals surface area contributed by atoms with Crippen LogP contribution in [0.25, 0.3) is 28.0 Å². The van der Waals surface area contributed by atoms with Crippen molar-refractivity contribution in [3.8, 4) is 28.5 Å². The highest BCUT2D eigenvalue weighted by Crippen LogP contribution is 2.35. The molecule has 0 bridgehead atoms. The maximum atomic E-state index is 14.8. The molecule has 2 aromatic carbocycles. The summed E-state index contributed by atoms with van der Waals surface area (Å²) in [7, 11) is 0. The number of hydrogen-bond donors (Lipinski definition) is 2. The van der Waals surface area contributed by atoms with Crippen LogP contribution in [-0.4, -0.2) is 32.4 Å². The molecule has 0 spiro atoms. The van der Waals surface area contributed by atoms with Crippen molar-refractivity contribution < 1.29 is 19.1 Å². The van der Waals surface area contributed by atoms with Gasteiger partial charge in [-0.2, -0.15) is 5.26 Å². The Morgan fingerprint density at radius 1 is 1.11 bits per heavy atom. The standard InChI is InChI=1S/C27H21FN4O3/c1-15-6-7-20(22(28)10-15)19-4-2-3-5-21(19)25-23(14-29)32-9-8-16(13-24(32)31-25)26(33)30-18-11-17(12-18)27(34)35/h2-10,13,17-18H,11-12H2,1H3,(H,30,33)(H,34,35). The Hall–Kier alpha value is -4.51. The number of nitrogens with one attached hydrogen (secondary N) is 1. The van der Waals surface area contributed by atoms with Gasteiger partial charge < -0.3 is 10.4 Å². The van der Waals surface area contributed by atoms with Crippen LogP contribution < -0.4 is 5.32 Å². The highest BCUT2D eigenvalue weighted by atomic mass is 19.1. The van der Waals surface area contributed by atoms with Crippen LogP contribution in [0.3, 0.4) is 0 Å². The van der Waals surface area contributed by atoms with Gasteiger partial charge in [-0.05, 0) is 49.1 Å². The molecule has 0 atom stereocenters. The number of amides is 1. The van der Waals surface area contributed by atoms with Crippen molar-refractivity contribution in [3.05, 3.63) is 83.4 Å². The SMILES string of the molecule is Cc1ccc(-c2ccccc2-c2nc3cc(C(=O)NC4CC(C(=O)O)C4)ccn3c2C#N)c(F)c1. The number of carbonyl (C=O) groups is 2. The number of halogens is 1. The number of hydrogen-bond acceptors (Lipinski definition) is 4. The lowest BCUT2D eigenvalue weighted by atomic mass is 9.80. The Balaban J connectivity index is 1.52. The molecule has 2 N–H and O–H groups in total. The van der Waals surface area contributed by atoms with Gasteiger partial charge in [0.2, 0.25) is 0 Å². The van der Waals surface area contributed by atoms with Crippen LogP contribution in [0.15, 0.2) is 60.8 Å². The van der Waals surface area contributed by atoms with E-state index < -0.39 is 11.9 Å². The van der Waals surface area contributed by atoms with Gasteiger partial charge in [0.25, 0.3) is 5.91 Å². The van der Waals surface area contributed by atoms with Crippen molar-refractivity contribution in [3.63, 3.8) is 0 Å². The largest absolute Gasteiger partial charge is 0.481 e. The molecule has 8 heteroatoms. The van der Waals surface area contributed by atoms with Gasteiger partial charge in [0.05, 0.1) is 5.92 Å². The van der Waals surface area contributed by atoms with Crippen LogP contribution in [0.4, 0.5) is 4.39 Å². The third kappa shape index (κ3) is 4.02. The first-order valence-corrected chi connectivity index (χ1v) is 11.2. The van der Waals surface area contributed by atoms with Gasteiger partial charge in [-0.3, -0.25) is 14.0 Å². The number of nitriles is 1.